The molecule has 0 radical (unpaired) electrons. The Bertz CT molecular complexity index is 423. The van der Waals surface area contributed by atoms with E-state index >= 15 is 0 Å². The third-order valence-electron chi connectivity index (χ3n) is 2.86. The van der Waals surface area contributed by atoms with Crippen LogP contribution in [0.15, 0.2) is 18.2 Å². The van der Waals surface area contributed by atoms with Gasteiger partial charge in [0.15, 0.2) is 0 Å². The van der Waals surface area contributed by atoms with Crippen LogP contribution in [0.4, 0.5) is 4.39 Å². The number of aliphatic carboxylic acids is 1. The standard InChI is InChI=1S/C14H20FNO3/c1-10-7-11(3-4-13(10)15)8-12(9-14(17)18)16-5-6-19-2/h3-4,7,12,16H,5-6,8-9H2,1-2H3,(H,17,18). The average Bonchev–Trinajstić information content (AvgIpc) is 2.33. The second kappa shape index (κ2) is 7.86. The minimum Gasteiger partial charge on any atom is -0.481 e. The fourth-order valence-electron chi connectivity index (χ4n) is 1.91. The van der Waals surface area contributed by atoms with Gasteiger partial charge in [-0.05, 0) is 30.5 Å². The molecule has 0 amide bonds. The Hall–Kier alpha value is -1.46. The molecule has 5 heteroatoms. The lowest BCUT2D eigenvalue weighted by atomic mass is 10.0. The molecule has 0 aliphatic heterocycles. The lowest BCUT2D eigenvalue weighted by Crippen LogP contribution is -2.35. The number of hydrogen-bond acceptors (Lipinski definition) is 3. The van der Waals surface area contributed by atoms with Crippen LogP contribution in [0.1, 0.15) is 17.5 Å². The Balaban J connectivity index is 2.63. The van der Waals surface area contributed by atoms with Crippen molar-refractivity contribution in [1.82, 2.24) is 5.32 Å². The van der Waals surface area contributed by atoms with E-state index in [1.54, 1.807) is 26.2 Å². The zero-order valence-electron chi connectivity index (χ0n) is 11.3. The molecule has 0 heterocycles. The number of benzene rings is 1. The van der Waals surface area contributed by atoms with E-state index in [1.807, 2.05) is 0 Å². The van der Waals surface area contributed by atoms with Crippen molar-refractivity contribution in [1.29, 1.82) is 0 Å². The Morgan fingerprint density at radius 3 is 2.84 bits per heavy atom. The highest BCUT2D eigenvalue weighted by molar-refractivity contribution is 5.67. The van der Waals surface area contributed by atoms with Gasteiger partial charge in [-0.3, -0.25) is 4.79 Å². The van der Waals surface area contributed by atoms with Crippen molar-refractivity contribution in [2.24, 2.45) is 0 Å². The fourth-order valence-corrected chi connectivity index (χ4v) is 1.91. The summed E-state index contributed by atoms with van der Waals surface area (Å²) in [6.07, 6.45) is 0.581. The van der Waals surface area contributed by atoms with Crippen LogP contribution < -0.4 is 5.32 Å². The monoisotopic (exact) mass is 269 g/mol. The molecule has 0 saturated carbocycles. The Kier molecular flexibility index (Phi) is 6.45. The maximum atomic E-state index is 13.2. The number of hydrogen-bond donors (Lipinski definition) is 2. The molecule has 1 aromatic rings. The van der Waals surface area contributed by atoms with Crippen LogP contribution in [0.5, 0.6) is 0 Å². The van der Waals surface area contributed by atoms with Gasteiger partial charge in [-0.1, -0.05) is 12.1 Å². The Morgan fingerprint density at radius 1 is 1.53 bits per heavy atom. The fraction of sp³-hybridized carbons (Fsp3) is 0.500. The molecule has 0 spiro atoms. The van der Waals surface area contributed by atoms with Crippen LogP contribution in [0.2, 0.25) is 0 Å². The number of carboxylic acid groups (broad SMARTS) is 1. The van der Waals surface area contributed by atoms with Crippen LogP contribution in [-0.4, -0.2) is 37.4 Å². The lowest BCUT2D eigenvalue weighted by Gasteiger charge is -2.17. The van der Waals surface area contributed by atoms with E-state index in [4.69, 9.17) is 9.84 Å². The average molecular weight is 269 g/mol. The van der Waals surface area contributed by atoms with Gasteiger partial charge in [0.2, 0.25) is 0 Å². The predicted molar refractivity (Wildman–Crippen MR) is 70.8 cm³/mol. The van der Waals surface area contributed by atoms with E-state index in [-0.39, 0.29) is 18.3 Å². The SMILES string of the molecule is COCCNC(CC(=O)O)Cc1ccc(F)c(C)c1. The molecule has 0 saturated heterocycles. The van der Waals surface area contributed by atoms with Gasteiger partial charge >= 0.3 is 5.97 Å². The molecule has 1 aromatic carbocycles. The van der Waals surface area contributed by atoms with Crippen molar-refractivity contribution in [3.63, 3.8) is 0 Å². The quantitative estimate of drug-likeness (QED) is 0.706. The molecule has 4 nitrogen and oxygen atoms in total. The maximum Gasteiger partial charge on any atom is 0.304 e. The second-order valence-corrected chi connectivity index (χ2v) is 4.53. The molecule has 1 unspecified atom stereocenters. The first kappa shape index (κ1) is 15.6. The van der Waals surface area contributed by atoms with Crippen molar-refractivity contribution in [3.8, 4) is 0 Å². The highest BCUT2D eigenvalue weighted by Crippen LogP contribution is 2.12. The number of nitrogens with one attached hydrogen (secondary N) is 1. The van der Waals surface area contributed by atoms with E-state index in [9.17, 15) is 9.18 Å². The van der Waals surface area contributed by atoms with Crippen LogP contribution in [0.25, 0.3) is 0 Å². The smallest absolute Gasteiger partial charge is 0.304 e. The van der Waals surface area contributed by atoms with Gasteiger partial charge in [-0.2, -0.15) is 0 Å². The van der Waals surface area contributed by atoms with Gasteiger partial charge in [0.1, 0.15) is 5.82 Å². The Labute approximate surface area is 112 Å². The predicted octanol–water partition coefficient (Wildman–Crippen LogP) is 1.76. The molecular weight excluding hydrogens is 249 g/mol. The molecule has 0 aromatic heterocycles. The molecule has 19 heavy (non-hydrogen) atoms. The molecule has 0 aliphatic rings. The summed E-state index contributed by atoms with van der Waals surface area (Å²) in [4.78, 5) is 10.8. The maximum absolute atomic E-state index is 13.2. The zero-order valence-corrected chi connectivity index (χ0v) is 11.3. The molecule has 0 bridgehead atoms. The van der Waals surface area contributed by atoms with Crippen LogP contribution in [0.3, 0.4) is 0 Å². The van der Waals surface area contributed by atoms with Gasteiger partial charge in [-0.15, -0.1) is 0 Å². The summed E-state index contributed by atoms with van der Waals surface area (Å²) in [5.41, 5.74) is 1.50. The van der Waals surface area contributed by atoms with Gasteiger partial charge in [-0.25, -0.2) is 4.39 Å². The van der Waals surface area contributed by atoms with Crippen molar-refractivity contribution >= 4 is 5.97 Å². The van der Waals surface area contributed by atoms with Crippen molar-refractivity contribution in [3.05, 3.63) is 35.1 Å². The van der Waals surface area contributed by atoms with Crippen molar-refractivity contribution < 1.29 is 19.0 Å². The van der Waals surface area contributed by atoms with E-state index < -0.39 is 5.97 Å². The van der Waals surface area contributed by atoms with Gasteiger partial charge in [0, 0.05) is 19.7 Å². The largest absolute Gasteiger partial charge is 0.481 e. The number of methoxy groups -OCH3 is 1. The third kappa shape index (κ3) is 5.81. The first-order valence-electron chi connectivity index (χ1n) is 6.22. The first-order chi connectivity index (χ1) is 9.02. The Morgan fingerprint density at radius 2 is 2.26 bits per heavy atom. The zero-order chi connectivity index (χ0) is 14.3. The summed E-state index contributed by atoms with van der Waals surface area (Å²) in [6.45, 7) is 2.82. The molecule has 2 N–H and O–H groups in total. The van der Waals surface area contributed by atoms with Crippen LogP contribution in [-0.2, 0) is 16.0 Å². The number of halogens is 1. The topological polar surface area (TPSA) is 58.6 Å². The number of carbonyl (C=O) groups is 1. The second-order valence-electron chi connectivity index (χ2n) is 4.53. The van der Waals surface area contributed by atoms with Crippen molar-refractivity contribution in [2.45, 2.75) is 25.8 Å². The first-order valence-corrected chi connectivity index (χ1v) is 6.22. The summed E-state index contributed by atoms with van der Waals surface area (Å²) in [5.74, 6) is -1.10. The minimum absolute atomic E-state index is 0.0279. The van der Waals surface area contributed by atoms with E-state index in [0.29, 0.717) is 25.1 Å². The normalized spacial score (nSPS) is 12.4. The van der Waals surface area contributed by atoms with Crippen LogP contribution in [0, 0.1) is 12.7 Å². The third-order valence-corrected chi connectivity index (χ3v) is 2.86. The van der Waals surface area contributed by atoms with E-state index in [0.717, 1.165) is 5.56 Å². The number of carboxylic acids is 1. The van der Waals surface area contributed by atoms with Gasteiger partial charge < -0.3 is 15.2 Å². The van der Waals surface area contributed by atoms with Crippen molar-refractivity contribution in [2.75, 3.05) is 20.3 Å². The summed E-state index contributed by atoms with van der Waals surface area (Å²) in [6, 6.07) is 4.67. The minimum atomic E-state index is -0.853. The molecule has 0 fully saturated rings. The number of aryl methyl sites for hydroxylation is 1. The number of rotatable bonds is 8. The summed E-state index contributed by atoms with van der Waals surface area (Å²) in [5, 5.41) is 12.0. The summed E-state index contributed by atoms with van der Waals surface area (Å²) >= 11 is 0. The van der Waals surface area contributed by atoms with E-state index in [1.165, 1.54) is 6.07 Å². The molecular formula is C14H20FNO3. The molecule has 1 rings (SSSR count). The molecule has 106 valence electrons. The lowest BCUT2D eigenvalue weighted by molar-refractivity contribution is -0.137. The number of ether oxygens (including phenoxy) is 1. The summed E-state index contributed by atoms with van der Waals surface area (Å²) in [7, 11) is 1.59. The van der Waals surface area contributed by atoms with Gasteiger partial charge in [0.05, 0.1) is 13.0 Å². The highest BCUT2D eigenvalue weighted by Gasteiger charge is 2.13. The highest BCUT2D eigenvalue weighted by atomic mass is 19.1. The van der Waals surface area contributed by atoms with Crippen LogP contribution >= 0.6 is 0 Å². The van der Waals surface area contributed by atoms with Gasteiger partial charge in [0.25, 0.3) is 0 Å². The summed E-state index contributed by atoms with van der Waals surface area (Å²) < 4.78 is 18.1. The molecule has 1 atom stereocenters. The van der Waals surface area contributed by atoms with E-state index in [2.05, 4.69) is 5.32 Å². The molecule has 0 aliphatic carbocycles.